The first-order chi connectivity index (χ1) is 10.5. The second-order valence-corrected chi connectivity index (χ2v) is 5.08. The number of ether oxygens (including phenoxy) is 2. The number of pyridine rings is 1. The lowest BCUT2D eigenvalue weighted by Gasteiger charge is -2.18. The van der Waals surface area contributed by atoms with E-state index >= 15 is 0 Å². The SMILES string of the molecule is COc1ccc(-c2ccc(C#N)c(=O)n2C(C)C)cc1OC. The highest BCUT2D eigenvalue weighted by Gasteiger charge is 2.14. The van der Waals surface area contributed by atoms with E-state index in [0.717, 1.165) is 11.3 Å². The summed E-state index contributed by atoms with van der Waals surface area (Å²) in [4.78, 5) is 12.4. The Bertz CT molecular complexity index is 785. The molecule has 0 aliphatic carbocycles. The molecule has 1 aromatic carbocycles. The molecule has 0 fully saturated rings. The standard InChI is InChI=1S/C17H18N2O3/c1-11(2)19-14(7-5-13(10-18)17(19)20)12-6-8-15(21-3)16(9-12)22-4/h5-9,11H,1-4H3. The summed E-state index contributed by atoms with van der Waals surface area (Å²) >= 11 is 0. The Hall–Kier alpha value is -2.74. The second kappa shape index (κ2) is 6.35. The first kappa shape index (κ1) is 15.6. The predicted molar refractivity (Wildman–Crippen MR) is 84.3 cm³/mol. The molecule has 0 amide bonds. The molecule has 2 aromatic rings. The van der Waals surface area contributed by atoms with Crippen molar-refractivity contribution < 1.29 is 9.47 Å². The molecule has 1 aromatic heterocycles. The van der Waals surface area contributed by atoms with Crippen LogP contribution in [0.2, 0.25) is 0 Å². The van der Waals surface area contributed by atoms with Crippen molar-refractivity contribution in [3.8, 4) is 28.8 Å². The van der Waals surface area contributed by atoms with Crippen molar-refractivity contribution in [2.45, 2.75) is 19.9 Å². The average molecular weight is 298 g/mol. The number of methoxy groups -OCH3 is 2. The van der Waals surface area contributed by atoms with Crippen molar-refractivity contribution in [2.75, 3.05) is 14.2 Å². The van der Waals surface area contributed by atoms with Gasteiger partial charge in [0, 0.05) is 11.6 Å². The fraction of sp³-hybridized carbons (Fsp3) is 0.294. The fourth-order valence-corrected chi connectivity index (χ4v) is 2.38. The van der Waals surface area contributed by atoms with Gasteiger partial charge in [-0.3, -0.25) is 4.79 Å². The first-order valence-corrected chi connectivity index (χ1v) is 6.91. The van der Waals surface area contributed by atoms with E-state index in [9.17, 15) is 4.79 Å². The van der Waals surface area contributed by atoms with Crippen molar-refractivity contribution >= 4 is 0 Å². The van der Waals surface area contributed by atoms with Gasteiger partial charge in [-0.15, -0.1) is 0 Å². The molecule has 0 aliphatic heterocycles. The molecular formula is C17H18N2O3. The van der Waals surface area contributed by atoms with Crippen LogP contribution >= 0.6 is 0 Å². The summed E-state index contributed by atoms with van der Waals surface area (Å²) in [5.41, 5.74) is 1.41. The number of nitrogens with zero attached hydrogens (tertiary/aromatic N) is 2. The van der Waals surface area contributed by atoms with E-state index in [1.807, 2.05) is 32.0 Å². The van der Waals surface area contributed by atoms with Gasteiger partial charge in [0.1, 0.15) is 11.6 Å². The van der Waals surface area contributed by atoms with Crippen molar-refractivity contribution in [1.29, 1.82) is 5.26 Å². The molecule has 1 heterocycles. The van der Waals surface area contributed by atoms with Gasteiger partial charge in [-0.1, -0.05) is 0 Å². The monoisotopic (exact) mass is 298 g/mol. The van der Waals surface area contributed by atoms with Gasteiger partial charge in [-0.25, -0.2) is 0 Å². The highest BCUT2D eigenvalue weighted by Crippen LogP contribution is 2.32. The van der Waals surface area contributed by atoms with Crippen LogP contribution in [0.15, 0.2) is 35.1 Å². The third-order valence-electron chi connectivity index (χ3n) is 3.43. The number of aromatic nitrogens is 1. The Kier molecular flexibility index (Phi) is 4.52. The molecule has 22 heavy (non-hydrogen) atoms. The molecule has 5 nitrogen and oxygen atoms in total. The minimum Gasteiger partial charge on any atom is -0.493 e. The number of benzene rings is 1. The Morgan fingerprint density at radius 1 is 1.09 bits per heavy atom. The van der Waals surface area contributed by atoms with Gasteiger partial charge >= 0.3 is 0 Å². The zero-order valence-corrected chi connectivity index (χ0v) is 13.1. The minimum atomic E-state index is -0.287. The predicted octanol–water partition coefficient (Wildman–Crippen LogP) is 2.99. The molecule has 0 bridgehead atoms. The van der Waals surface area contributed by atoms with Crippen LogP contribution in [-0.4, -0.2) is 18.8 Å². The van der Waals surface area contributed by atoms with E-state index in [1.54, 1.807) is 37.0 Å². The van der Waals surface area contributed by atoms with Gasteiger partial charge in [-0.05, 0) is 44.2 Å². The molecule has 0 radical (unpaired) electrons. The van der Waals surface area contributed by atoms with Crippen LogP contribution in [0.25, 0.3) is 11.3 Å². The summed E-state index contributed by atoms with van der Waals surface area (Å²) in [5.74, 6) is 1.21. The molecule has 0 aliphatic rings. The molecule has 0 unspecified atom stereocenters. The maximum absolute atomic E-state index is 12.4. The minimum absolute atomic E-state index is 0.0658. The normalized spacial score (nSPS) is 10.4. The molecule has 0 spiro atoms. The first-order valence-electron chi connectivity index (χ1n) is 6.91. The van der Waals surface area contributed by atoms with E-state index in [0.29, 0.717) is 11.5 Å². The topological polar surface area (TPSA) is 64.2 Å². The fourth-order valence-electron chi connectivity index (χ4n) is 2.38. The summed E-state index contributed by atoms with van der Waals surface area (Å²) < 4.78 is 12.1. The molecule has 114 valence electrons. The molecule has 0 N–H and O–H groups in total. The molecule has 5 heteroatoms. The third kappa shape index (κ3) is 2.68. The van der Waals surface area contributed by atoms with Crippen LogP contribution in [0, 0.1) is 11.3 Å². The molecule has 0 saturated heterocycles. The van der Waals surface area contributed by atoms with Gasteiger partial charge in [0.15, 0.2) is 11.5 Å². The zero-order valence-electron chi connectivity index (χ0n) is 13.1. The lowest BCUT2D eigenvalue weighted by molar-refractivity contribution is 0.355. The van der Waals surface area contributed by atoms with E-state index in [4.69, 9.17) is 14.7 Å². The number of nitriles is 1. The smallest absolute Gasteiger partial charge is 0.269 e. The van der Waals surface area contributed by atoms with Crippen molar-refractivity contribution in [3.05, 3.63) is 46.2 Å². The van der Waals surface area contributed by atoms with Crippen LogP contribution in [-0.2, 0) is 0 Å². The molecule has 0 atom stereocenters. The van der Waals surface area contributed by atoms with E-state index in [2.05, 4.69) is 0 Å². The van der Waals surface area contributed by atoms with Gasteiger partial charge in [0.05, 0.1) is 19.9 Å². The summed E-state index contributed by atoms with van der Waals surface area (Å²) in [7, 11) is 3.14. The van der Waals surface area contributed by atoms with Crippen LogP contribution in [0.3, 0.4) is 0 Å². The Morgan fingerprint density at radius 3 is 2.32 bits per heavy atom. The van der Waals surface area contributed by atoms with Crippen molar-refractivity contribution in [3.63, 3.8) is 0 Å². The number of rotatable bonds is 4. The summed E-state index contributed by atoms with van der Waals surface area (Å²) in [5, 5.41) is 9.04. The number of hydrogen-bond acceptors (Lipinski definition) is 4. The molecular weight excluding hydrogens is 280 g/mol. The lowest BCUT2D eigenvalue weighted by Crippen LogP contribution is -2.25. The van der Waals surface area contributed by atoms with Gasteiger partial charge < -0.3 is 14.0 Å². The highest BCUT2D eigenvalue weighted by molar-refractivity contribution is 5.65. The van der Waals surface area contributed by atoms with Crippen LogP contribution < -0.4 is 15.0 Å². The quantitative estimate of drug-likeness (QED) is 0.870. The van der Waals surface area contributed by atoms with Crippen LogP contribution in [0.4, 0.5) is 0 Å². The lowest BCUT2D eigenvalue weighted by atomic mass is 10.1. The van der Waals surface area contributed by atoms with Gasteiger partial charge in [-0.2, -0.15) is 5.26 Å². The van der Waals surface area contributed by atoms with Crippen LogP contribution in [0.5, 0.6) is 11.5 Å². The van der Waals surface area contributed by atoms with E-state index < -0.39 is 0 Å². The van der Waals surface area contributed by atoms with Gasteiger partial charge in [0.25, 0.3) is 5.56 Å². The largest absolute Gasteiger partial charge is 0.493 e. The van der Waals surface area contributed by atoms with Gasteiger partial charge in [0.2, 0.25) is 0 Å². The Labute approximate surface area is 129 Å². The second-order valence-electron chi connectivity index (χ2n) is 5.08. The molecule has 2 rings (SSSR count). The Balaban J connectivity index is 2.70. The summed E-state index contributed by atoms with van der Waals surface area (Å²) in [6.07, 6.45) is 0. The van der Waals surface area contributed by atoms with Crippen molar-refractivity contribution in [2.24, 2.45) is 0 Å². The molecule has 0 saturated carbocycles. The maximum Gasteiger partial charge on any atom is 0.269 e. The Morgan fingerprint density at radius 2 is 1.77 bits per heavy atom. The third-order valence-corrected chi connectivity index (χ3v) is 3.43. The maximum atomic E-state index is 12.4. The van der Waals surface area contributed by atoms with Crippen molar-refractivity contribution in [1.82, 2.24) is 4.57 Å². The van der Waals surface area contributed by atoms with E-state index in [1.165, 1.54) is 0 Å². The van der Waals surface area contributed by atoms with E-state index in [-0.39, 0.29) is 17.2 Å². The average Bonchev–Trinajstić information content (AvgIpc) is 2.53. The van der Waals surface area contributed by atoms with Crippen LogP contribution in [0.1, 0.15) is 25.5 Å². The summed E-state index contributed by atoms with van der Waals surface area (Å²) in [6.45, 7) is 3.82. The summed E-state index contributed by atoms with van der Waals surface area (Å²) in [6, 6.07) is 10.7. The number of hydrogen-bond donors (Lipinski definition) is 0. The zero-order chi connectivity index (χ0) is 16.3. The highest BCUT2D eigenvalue weighted by atomic mass is 16.5.